The monoisotopic (exact) mass is 303 g/mol. The van der Waals surface area contributed by atoms with Crippen LogP contribution < -0.4 is 11.2 Å². The van der Waals surface area contributed by atoms with Gasteiger partial charge in [-0.1, -0.05) is 0 Å². The fourth-order valence-electron chi connectivity index (χ4n) is 2.17. The molecule has 0 aromatic carbocycles. The third kappa shape index (κ3) is 3.03. The average Bonchev–Trinajstić information content (AvgIpc) is 2.88. The number of aryl methyl sites for hydroxylation is 2. The normalized spacial score (nSPS) is 15.0. The van der Waals surface area contributed by atoms with Gasteiger partial charge >= 0.3 is 5.69 Å². The van der Waals surface area contributed by atoms with Crippen LogP contribution >= 0.6 is 0 Å². The summed E-state index contributed by atoms with van der Waals surface area (Å²) >= 11 is 0. The first kappa shape index (κ1) is 11.6. The van der Waals surface area contributed by atoms with E-state index >= 15 is 0 Å². The second-order valence-electron chi connectivity index (χ2n) is 5.11. The lowest BCUT2D eigenvalue weighted by molar-refractivity contribution is 0.0102. The van der Waals surface area contributed by atoms with Gasteiger partial charge in [0.25, 0.3) is 5.56 Å². The molecule has 2 aromatic rings. The van der Waals surface area contributed by atoms with Gasteiger partial charge in [-0.25, -0.2) is 18.6 Å². The van der Waals surface area contributed by atoms with Crippen LogP contribution in [0.2, 0.25) is 0 Å². The van der Waals surface area contributed by atoms with Crippen LogP contribution in [0.3, 0.4) is 0 Å². The highest BCUT2D eigenvalue weighted by atomic mass is 19.3. The minimum absolute atomic E-state index is 0.0301. The first-order chi connectivity index (χ1) is 10.9. The number of hydrogen-bond donors (Lipinski definition) is 0. The number of alkyl halides is 2. The molecule has 0 aliphatic heterocycles. The van der Waals surface area contributed by atoms with Gasteiger partial charge in [0, 0.05) is 31.1 Å². The average molecular weight is 303 g/mol. The van der Waals surface area contributed by atoms with Crippen molar-refractivity contribution >= 4 is 11.2 Å². The Kier molecular flexibility index (Phi) is 3.01. The van der Waals surface area contributed by atoms with E-state index in [1.165, 1.54) is 7.05 Å². The maximum absolute atomic E-state index is 12.8. The Hall–Kier alpha value is -1.99. The predicted molar refractivity (Wildman–Crippen MR) is 74.7 cm³/mol. The topological polar surface area (TPSA) is 61.8 Å². The summed E-state index contributed by atoms with van der Waals surface area (Å²) in [6.07, 6.45) is 0.972. The largest absolute Gasteiger partial charge is 0.332 e. The maximum atomic E-state index is 12.8. The molecule has 0 aliphatic rings. The van der Waals surface area contributed by atoms with Crippen LogP contribution in [0.5, 0.6) is 0 Å². The van der Waals surface area contributed by atoms with Gasteiger partial charge < -0.3 is 4.57 Å². The molecule has 0 unspecified atom stereocenters. The molecule has 0 radical (unpaired) electrons. The molecule has 21 heavy (non-hydrogen) atoms. The van der Waals surface area contributed by atoms with E-state index < -0.39 is 24.1 Å². The van der Waals surface area contributed by atoms with Gasteiger partial charge in [-0.2, -0.15) is 0 Å². The summed E-state index contributed by atoms with van der Waals surface area (Å²) in [5, 5.41) is 0. The van der Waals surface area contributed by atoms with Gasteiger partial charge in [-0.05, 0) is 19.8 Å². The number of fused-ring (bicyclic) bond motifs is 1. The number of imidazole rings is 1. The van der Waals surface area contributed by atoms with E-state index in [2.05, 4.69) is 4.98 Å². The van der Waals surface area contributed by atoms with E-state index in [0.717, 1.165) is 27.0 Å². The van der Waals surface area contributed by atoms with Crippen molar-refractivity contribution in [3.63, 3.8) is 0 Å². The highest BCUT2D eigenvalue weighted by molar-refractivity contribution is 5.69. The quantitative estimate of drug-likeness (QED) is 0.781. The van der Waals surface area contributed by atoms with Crippen molar-refractivity contribution in [2.24, 2.45) is 14.0 Å². The van der Waals surface area contributed by atoms with Crippen molar-refractivity contribution in [3.05, 3.63) is 27.2 Å². The number of halogens is 2. The summed E-state index contributed by atoms with van der Waals surface area (Å²) in [6, 6.07) is 0. The lowest BCUT2D eigenvalue weighted by atomic mass is 10.1. The molecule has 0 atom stereocenters. The first-order valence-electron chi connectivity index (χ1n) is 7.98. The van der Waals surface area contributed by atoms with Crippen molar-refractivity contribution in [2.45, 2.75) is 38.7 Å². The Morgan fingerprint density at radius 2 is 2.10 bits per heavy atom. The third-order valence-electron chi connectivity index (χ3n) is 3.28. The second-order valence-corrected chi connectivity index (χ2v) is 5.11. The molecule has 0 aliphatic carbocycles. The molecular weight excluding hydrogens is 282 g/mol. The number of rotatable bonds is 5. The van der Waals surface area contributed by atoms with Gasteiger partial charge in [0.1, 0.15) is 0 Å². The van der Waals surface area contributed by atoms with Crippen LogP contribution in [0, 0.1) is 0 Å². The van der Waals surface area contributed by atoms with Gasteiger partial charge in [0.05, 0.1) is 6.33 Å². The maximum Gasteiger partial charge on any atom is 0.332 e. The summed E-state index contributed by atoms with van der Waals surface area (Å²) < 4.78 is 50.6. The minimum atomic E-state index is -2.81. The van der Waals surface area contributed by atoms with Gasteiger partial charge in [0.2, 0.25) is 5.92 Å². The van der Waals surface area contributed by atoms with E-state index in [-0.39, 0.29) is 37.0 Å². The molecule has 2 heterocycles. The van der Waals surface area contributed by atoms with Crippen molar-refractivity contribution in [3.8, 4) is 0 Å². The Morgan fingerprint density at radius 3 is 2.71 bits per heavy atom. The van der Waals surface area contributed by atoms with Crippen LogP contribution in [0.4, 0.5) is 8.78 Å². The number of aromatic nitrogens is 4. The lowest BCUT2D eigenvalue weighted by Gasteiger charge is -2.11. The fraction of sp³-hybridized carbons (Fsp3) is 0.615. The Bertz CT molecular complexity index is 861. The van der Waals surface area contributed by atoms with E-state index in [1.807, 2.05) is 0 Å². The van der Waals surface area contributed by atoms with Crippen molar-refractivity contribution < 1.29 is 12.9 Å². The van der Waals surface area contributed by atoms with Crippen LogP contribution in [0.15, 0.2) is 15.9 Å². The standard InChI is InChI=1S/C13H18F2N4O2/c1-13(14,15)6-4-5-7-19-11(20)9-10(16-8-17(9)2)18(3)12(19)21/h8H,4-7H2,1-3H3/i2D3. The highest BCUT2D eigenvalue weighted by Crippen LogP contribution is 2.19. The second kappa shape index (κ2) is 5.42. The molecule has 0 bridgehead atoms. The molecule has 116 valence electrons. The van der Waals surface area contributed by atoms with Crippen LogP contribution in [0.1, 0.15) is 30.3 Å². The molecule has 0 fully saturated rings. The van der Waals surface area contributed by atoms with Crippen molar-refractivity contribution in [1.29, 1.82) is 0 Å². The Morgan fingerprint density at radius 1 is 1.38 bits per heavy atom. The first-order valence-corrected chi connectivity index (χ1v) is 6.48. The van der Waals surface area contributed by atoms with E-state index in [1.54, 1.807) is 0 Å². The SMILES string of the molecule is [2H]C([2H])([2H])n1cnc2c1c(=O)n(CCCCC(C)(F)F)c(=O)n2C. The summed E-state index contributed by atoms with van der Waals surface area (Å²) in [7, 11) is 1.37. The third-order valence-corrected chi connectivity index (χ3v) is 3.28. The van der Waals surface area contributed by atoms with Gasteiger partial charge in [-0.15, -0.1) is 0 Å². The summed E-state index contributed by atoms with van der Waals surface area (Å²) in [4.78, 5) is 28.6. The molecule has 0 amide bonds. The molecule has 2 rings (SSSR count). The molecule has 0 N–H and O–H groups in total. The smallest absolute Gasteiger partial charge is 0.328 e. The van der Waals surface area contributed by atoms with E-state index in [9.17, 15) is 18.4 Å². The minimum Gasteiger partial charge on any atom is -0.328 e. The molecular formula is C13H18F2N4O2. The van der Waals surface area contributed by atoms with Crippen LogP contribution in [-0.2, 0) is 20.6 Å². The van der Waals surface area contributed by atoms with Crippen LogP contribution in [-0.4, -0.2) is 24.6 Å². The number of unbranched alkanes of at least 4 members (excludes halogenated alkanes) is 1. The van der Waals surface area contributed by atoms with Gasteiger partial charge in [-0.3, -0.25) is 13.9 Å². The molecule has 0 spiro atoms. The Labute approximate surface area is 123 Å². The highest BCUT2D eigenvalue weighted by Gasteiger charge is 2.20. The summed E-state index contributed by atoms with van der Waals surface area (Å²) in [5.41, 5.74) is -1.69. The predicted octanol–water partition coefficient (Wildman–Crippen LogP) is 1.26. The molecule has 2 aromatic heterocycles. The fourth-order valence-corrected chi connectivity index (χ4v) is 2.17. The zero-order valence-electron chi connectivity index (χ0n) is 14.8. The molecule has 0 saturated carbocycles. The number of hydrogen-bond acceptors (Lipinski definition) is 3. The van der Waals surface area contributed by atoms with Crippen LogP contribution in [0.25, 0.3) is 11.2 Å². The molecule has 0 saturated heterocycles. The van der Waals surface area contributed by atoms with Crippen molar-refractivity contribution in [2.75, 3.05) is 0 Å². The molecule has 6 nitrogen and oxygen atoms in total. The van der Waals surface area contributed by atoms with E-state index in [0.29, 0.717) is 0 Å². The summed E-state index contributed by atoms with van der Waals surface area (Å²) in [6.45, 7) is -1.88. The van der Waals surface area contributed by atoms with E-state index in [4.69, 9.17) is 4.11 Å². The Balaban J connectivity index is 2.44. The lowest BCUT2D eigenvalue weighted by Crippen LogP contribution is -2.39. The zero-order valence-corrected chi connectivity index (χ0v) is 11.8. The summed E-state index contributed by atoms with van der Waals surface area (Å²) in [5.74, 6) is -2.81. The van der Waals surface area contributed by atoms with Gasteiger partial charge in [0.15, 0.2) is 11.2 Å². The number of nitrogens with zero attached hydrogens (tertiary/aromatic N) is 4. The zero-order chi connectivity index (χ0) is 18.3. The van der Waals surface area contributed by atoms with Crippen molar-refractivity contribution in [1.82, 2.24) is 18.7 Å². The molecule has 8 heteroatoms.